The Bertz CT molecular complexity index is 1080. The second-order valence-electron chi connectivity index (χ2n) is 6.33. The summed E-state index contributed by atoms with van der Waals surface area (Å²) in [6.45, 7) is 0. The molecule has 0 saturated heterocycles. The summed E-state index contributed by atoms with van der Waals surface area (Å²) in [6, 6.07) is 13.0. The van der Waals surface area contributed by atoms with Gasteiger partial charge in [0.25, 0.3) is 0 Å². The summed E-state index contributed by atoms with van der Waals surface area (Å²) in [4.78, 5) is 27.3. The van der Waals surface area contributed by atoms with Crippen LogP contribution in [0.25, 0.3) is 0 Å². The number of carbonyl (C=O) groups excluding carboxylic acids is 2. The Kier molecular flexibility index (Phi) is 7.85. The molecule has 0 amide bonds. The molecule has 2 aromatic rings. The van der Waals surface area contributed by atoms with Crippen molar-refractivity contribution in [2.24, 2.45) is 0 Å². The fourth-order valence-corrected chi connectivity index (χ4v) is 4.33. The standard InChI is InChI=1S/C23H19Cl2NO4S/c1-29-22(27)19-5-3-4-12-26(21(19)23(28)30-2)17-8-10-18(11-9-17)31-14-15-6-7-16(24)13-20(15)25/h3-13H,14H2,1-2H3. The van der Waals surface area contributed by atoms with Crippen LogP contribution in [0.2, 0.25) is 10.0 Å². The molecule has 0 saturated carbocycles. The van der Waals surface area contributed by atoms with E-state index in [1.165, 1.54) is 20.3 Å². The maximum Gasteiger partial charge on any atom is 0.355 e. The molecule has 0 atom stereocenters. The van der Waals surface area contributed by atoms with Crippen molar-refractivity contribution in [3.8, 4) is 0 Å². The fourth-order valence-electron chi connectivity index (χ4n) is 2.87. The lowest BCUT2D eigenvalue weighted by Gasteiger charge is -2.23. The number of esters is 2. The Morgan fingerprint density at radius 3 is 2.32 bits per heavy atom. The molecule has 0 N–H and O–H groups in total. The summed E-state index contributed by atoms with van der Waals surface area (Å²) in [5.74, 6) is -0.590. The third kappa shape index (κ3) is 5.53. The summed E-state index contributed by atoms with van der Waals surface area (Å²) in [6.07, 6.45) is 6.60. The van der Waals surface area contributed by atoms with Gasteiger partial charge in [0.2, 0.25) is 0 Å². The maximum atomic E-state index is 12.5. The van der Waals surface area contributed by atoms with Gasteiger partial charge in [0, 0.05) is 32.6 Å². The molecule has 160 valence electrons. The first-order chi connectivity index (χ1) is 14.9. The molecule has 0 aliphatic carbocycles. The molecule has 0 spiro atoms. The number of nitrogens with zero attached hydrogens (tertiary/aromatic N) is 1. The number of anilines is 1. The number of thioether (sulfide) groups is 1. The molecule has 0 bridgehead atoms. The minimum absolute atomic E-state index is 0.0766. The highest BCUT2D eigenvalue weighted by atomic mass is 35.5. The van der Waals surface area contributed by atoms with E-state index in [1.807, 2.05) is 36.4 Å². The summed E-state index contributed by atoms with van der Waals surface area (Å²) >= 11 is 13.8. The van der Waals surface area contributed by atoms with Crippen molar-refractivity contribution in [1.29, 1.82) is 0 Å². The van der Waals surface area contributed by atoms with Crippen LogP contribution in [0.3, 0.4) is 0 Å². The van der Waals surface area contributed by atoms with Gasteiger partial charge in [0.05, 0.1) is 19.8 Å². The molecule has 0 fully saturated rings. The van der Waals surface area contributed by atoms with E-state index in [0.29, 0.717) is 21.5 Å². The molecule has 31 heavy (non-hydrogen) atoms. The largest absolute Gasteiger partial charge is 0.465 e. The van der Waals surface area contributed by atoms with E-state index in [9.17, 15) is 9.59 Å². The zero-order valence-corrected chi connectivity index (χ0v) is 19.1. The van der Waals surface area contributed by atoms with Crippen LogP contribution >= 0.6 is 35.0 Å². The van der Waals surface area contributed by atoms with E-state index in [-0.39, 0.29) is 11.3 Å². The Labute approximate surface area is 194 Å². The minimum Gasteiger partial charge on any atom is -0.465 e. The van der Waals surface area contributed by atoms with Crippen molar-refractivity contribution in [3.63, 3.8) is 0 Å². The van der Waals surface area contributed by atoms with Crippen LogP contribution < -0.4 is 4.90 Å². The topological polar surface area (TPSA) is 55.8 Å². The van der Waals surface area contributed by atoms with E-state index in [4.69, 9.17) is 32.7 Å². The number of carbonyl (C=O) groups is 2. The first kappa shape index (κ1) is 23.0. The number of allylic oxidation sites excluding steroid dienone is 2. The van der Waals surface area contributed by atoms with Crippen LogP contribution in [0.15, 0.2) is 83.1 Å². The highest BCUT2D eigenvalue weighted by Crippen LogP contribution is 2.31. The van der Waals surface area contributed by atoms with Gasteiger partial charge in [-0.3, -0.25) is 0 Å². The SMILES string of the molecule is COC(=O)C1=C(C(=O)OC)N(c2ccc(SCc3ccc(Cl)cc3Cl)cc2)C=CC=C1. The summed E-state index contributed by atoms with van der Waals surface area (Å²) in [5.41, 5.74) is 1.86. The quantitative estimate of drug-likeness (QED) is 0.390. The van der Waals surface area contributed by atoms with E-state index < -0.39 is 11.9 Å². The number of halogens is 2. The Balaban J connectivity index is 1.85. The molecular formula is C23H19Cl2NO4S. The van der Waals surface area contributed by atoms with Crippen molar-refractivity contribution in [2.75, 3.05) is 19.1 Å². The van der Waals surface area contributed by atoms with Gasteiger partial charge in [-0.15, -0.1) is 11.8 Å². The molecule has 1 aliphatic rings. The Hall–Kier alpha value is -2.67. The van der Waals surface area contributed by atoms with Crippen LogP contribution in [-0.4, -0.2) is 26.2 Å². The lowest BCUT2D eigenvalue weighted by Crippen LogP contribution is -2.26. The van der Waals surface area contributed by atoms with Gasteiger partial charge in [-0.25, -0.2) is 9.59 Å². The van der Waals surface area contributed by atoms with Crippen molar-refractivity contribution in [2.45, 2.75) is 10.6 Å². The zero-order valence-electron chi connectivity index (χ0n) is 16.8. The number of benzene rings is 2. The maximum absolute atomic E-state index is 12.5. The number of hydrogen-bond acceptors (Lipinski definition) is 6. The first-order valence-electron chi connectivity index (χ1n) is 9.16. The summed E-state index contributed by atoms with van der Waals surface area (Å²) in [5, 5.41) is 1.23. The molecule has 0 unspecified atom stereocenters. The third-order valence-corrected chi connectivity index (χ3v) is 6.06. The van der Waals surface area contributed by atoms with Gasteiger partial charge in [-0.1, -0.05) is 35.3 Å². The predicted octanol–water partition coefficient (Wildman–Crippen LogP) is 5.78. The van der Waals surface area contributed by atoms with E-state index in [0.717, 1.165) is 10.5 Å². The second kappa shape index (κ2) is 10.6. The van der Waals surface area contributed by atoms with E-state index >= 15 is 0 Å². The third-order valence-electron chi connectivity index (χ3n) is 4.41. The average Bonchev–Trinajstić information content (AvgIpc) is 3.01. The Morgan fingerprint density at radius 2 is 1.68 bits per heavy atom. The number of methoxy groups -OCH3 is 2. The predicted molar refractivity (Wildman–Crippen MR) is 124 cm³/mol. The van der Waals surface area contributed by atoms with Gasteiger partial charge >= 0.3 is 11.9 Å². The van der Waals surface area contributed by atoms with E-state index in [2.05, 4.69) is 0 Å². The number of rotatable bonds is 6. The number of ether oxygens (including phenoxy) is 2. The van der Waals surface area contributed by atoms with Crippen molar-refractivity contribution in [3.05, 3.63) is 93.8 Å². The summed E-state index contributed by atoms with van der Waals surface area (Å²) in [7, 11) is 2.53. The number of hydrogen-bond donors (Lipinski definition) is 0. The highest BCUT2D eigenvalue weighted by molar-refractivity contribution is 7.98. The molecule has 8 heteroatoms. The van der Waals surface area contributed by atoms with Gasteiger partial charge in [0.15, 0.2) is 0 Å². The van der Waals surface area contributed by atoms with Crippen LogP contribution in [0.1, 0.15) is 5.56 Å². The van der Waals surface area contributed by atoms with Crippen LogP contribution in [-0.2, 0) is 24.8 Å². The highest BCUT2D eigenvalue weighted by Gasteiger charge is 2.27. The van der Waals surface area contributed by atoms with Crippen molar-refractivity contribution < 1.29 is 19.1 Å². The summed E-state index contributed by atoms with van der Waals surface area (Å²) < 4.78 is 9.74. The molecule has 1 aliphatic heterocycles. The molecule has 3 rings (SSSR count). The lowest BCUT2D eigenvalue weighted by atomic mass is 10.1. The van der Waals surface area contributed by atoms with Crippen LogP contribution in [0.4, 0.5) is 5.69 Å². The molecule has 5 nitrogen and oxygen atoms in total. The molecule has 0 radical (unpaired) electrons. The van der Waals surface area contributed by atoms with Crippen LogP contribution in [0.5, 0.6) is 0 Å². The molecular weight excluding hydrogens is 457 g/mol. The molecule has 1 heterocycles. The van der Waals surface area contributed by atoms with Gasteiger partial charge in [0.1, 0.15) is 5.70 Å². The van der Waals surface area contributed by atoms with Crippen molar-refractivity contribution in [1.82, 2.24) is 0 Å². The fraction of sp³-hybridized carbons (Fsp3) is 0.130. The smallest absolute Gasteiger partial charge is 0.355 e. The lowest BCUT2D eigenvalue weighted by molar-refractivity contribution is -0.139. The zero-order chi connectivity index (χ0) is 22.4. The van der Waals surface area contributed by atoms with E-state index in [1.54, 1.807) is 41.1 Å². The van der Waals surface area contributed by atoms with Gasteiger partial charge in [-0.05, 0) is 54.1 Å². The van der Waals surface area contributed by atoms with Crippen LogP contribution in [0, 0.1) is 0 Å². The first-order valence-corrected chi connectivity index (χ1v) is 10.9. The van der Waals surface area contributed by atoms with Crippen molar-refractivity contribution >= 4 is 52.6 Å². The minimum atomic E-state index is -0.646. The Morgan fingerprint density at radius 1 is 0.968 bits per heavy atom. The normalized spacial score (nSPS) is 13.2. The van der Waals surface area contributed by atoms with Gasteiger partial charge < -0.3 is 14.4 Å². The monoisotopic (exact) mass is 475 g/mol. The molecule has 0 aromatic heterocycles. The average molecular weight is 476 g/mol. The second-order valence-corrected chi connectivity index (χ2v) is 8.23. The molecule has 2 aromatic carbocycles. The van der Waals surface area contributed by atoms with Gasteiger partial charge in [-0.2, -0.15) is 0 Å².